The highest BCUT2D eigenvalue weighted by atomic mass is 32.2. The third-order valence-corrected chi connectivity index (χ3v) is 9.74. The Balaban J connectivity index is 1.65. The lowest BCUT2D eigenvalue weighted by Crippen LogP contribution is -2.11. The molecule has 12 nitrogen and oxygen atoms in total. The van der Waals surface area contributed by atoms with Gasteiger partial charge in [-0.3, -0.25) is 13.7 Å². The zero-order valence-electron chi connectivity index (χ0n) is 24.2. The van der Waals surface area contributed by atoms with Crippen molar-refractivity contribution in [1.82, 2.24) is 0 Å². The molecule has 242 valence electrons. The van der Waals surface area contributed by atoms with Gasteiger partial charge in [0.15, 0.2) is 0 Å². The lowest BCUT2D eigenvalue weighted by Gasteiger charge is -2.20. The van der Waals surface area contributed by atoms with Gasteiger partial charge in [0, 0.05) is 17.8 Å². The Morgan fingerprint density at radius 1 is 0.638 bits per heavy atom. The van der Waals surface area contributed by atoms with Gasteiger partial charge < -0.3 is 11.1 Å². The predicted octanol–water partition coefficient (Wildman–Crippen LogP) is 5.33. The van der Waals surface area contributed by atoms with Crippen LogP contribution in [0.5, 0.6) is 0 Å². The highest BCUT2D eigenvalue weighted by Crippen LogP contribution is 2.37. The molecule has 5 rings (SSSR count). The minimum Gasteiger partial charge on any atom is -0.354 e. The van der Waals surface area contributed by atoms with Crippen LogP contribution in [-0.4, -0.2) is 44.6 Å². The molecule has 0 aromatic heterocycles. The number of nitrogens with two attached hydrogens (primary N) is 1. The monoisotopic (exact) mass is 693 g/mol. The SMILES string of the molecule is NCc1cccc(S(=O)(=O)O)c1C(=C1C=CC(=Nc2ccccc2S(=O)(=O)O)C=C1)c1ccc(Nc2ccccc2S(=O)(=O)O)cc1. The second-order valence-corrected chi connectivity index (χ2v) is 14.3. The van der Waals surface area contributed by atoms with Gasteiger partial charge in [0.05, 0.1) is 17.1 Å². The van der Waals surface area contributed by atoms with Crippen LogP contribution in [0, 0.1) is 0 Å². The number of allylic oxidation sites excluding steroid dienone is 5. The largest absolute Gasteiger partial charge is 0.354 e. The van der Waals surface area contributed by atoms with Crippen LogP contribution in [0.3, 0.4) is 0 Å². The van der Waals surface area contributed by atoms with Gasteiger partial charge in [-0.05, 0) is 76.9 Å². The van der Waals surface area contributed by atoms with Crippen LogP contribution in [0.1, 0.15) is 16.7 Å². The highest BCUT2D eigenvalue weighted by Gasteiger charge is 2.24. The third kappa shape index (κ3) is 7.64. The summed E-state index contributed by atoms with van der Waals surface area (Å²) in [5, 5.41) is 2.95. The van der Waals surface area contributed by atoms with Gasteiger partial charge in [-0.1, -0.05) is 60.7 Å². The molecule has 0 radical (unpaired) electrons. The van der Waals surface area contributed by atoms with Crippen molar-refractivity contribution in [3.8, 4) is 0 Å². The van der Waals surface area contributed by atoms with E-state index in [0.29, 0.717) is 33.7 Å². The first-order valence-corrected chi connectivity index (χ1v) is 18.0. The van der Waals surface area contributed by atoms with Crippen molar-refractivity contribution < 1.29 is 38.9 Å². The first-order valence-electron chi connectivity index (χ1n) is 13.7. The average molecular weight is 694 g/mol. The van der Waals surface area contributed by atoms with Crippen molar-refractivity contribution in [3.63, 3.8) is 0 Å². The van der Waals surface area contributed by atoms with Crippen molar-refractivity contribution in [2.45, 2.75) is 21.2 Å². The van der Waals surface area contributed by atoms with Crippen molar-refractivity contribution in [3.05, 3.63) is 138 Å². The second-order valence-electron chi connectivity index (χ2n) is 10.1. The van der Waals surface area contributed by atoms with Crippen LogP contribution in [0.2, 0.25) is 0 Å². The van der Waals surface area contributed by atoms with E-state index in [0.717, 1.165) is 0 Å². The molecule has 0 saturated heterocycles. The Morgan fingerprint density at radius 2 is 1.19 bits per heavy atom. The van der Waals surface area contributed by atoms with E-state index >= 15 is 0 Å². The van der Waals surface area contributed by atoms with Crippen LogP contribution in [-0.2, 0) is 36.9 Å². The zero-order valence-corrected chi connectivity index (χ0v) is 26.7. The van der Waals surface area contributed by atoms with Gasteiger partial charge in [-0.25, -0.2) is 4.99 Å². The molecular weight excluding hydrogens is 667 g/mol. The number of hydrogen-bond donors (Lipinski definition) is 5. The molecule has 0 fully saturated rings. The molecule has 0 unspecified atom stereocenters. The van der Waals surface area contributed by atoms with E-state index in [4.69, 9.17) is 5.73 Å². The summed E-state index contributed by atoms with van der Waals surface area (Å²) in [6.07, 6.45) is 6.38. The summed E-state index contributed by atoms with van der Waals surface area (Å²) in [5.74, 6) is 0. The van der Waals surface area contributed by atoms with Crippen LogP contribution in [0.25, 0.3) is 5.57 Å². The van der Waals surface area contributed by atoms with Gasteiger partial charge in [-0.15, -0.1) is 0 Å². The summed E-state index contributed by atoms with van der Waals surface area (Å²) in [6, 6.07) is 22.3. The quantitative estimate of drug-likeness (QED) is 0.141. The summed E-state index contributed by atoms with van der Waals surface area (Å²) in [5.41, 5.74) is 8.83. The standard InChI is InChI=1S/C32H27N3O9S3/c33-20-23-6-5-11-30(47(42,43)44)32(23)31(21-12-16-24(17-13-21)34-26-7-1-3-9-28(26)45(36,37)38)22-14-18-25(19-15-22)35-27-8-2-4-10-29(27)46(39,40)41/h1-19,34H,20,33H2,(H,36,37,38)(H,39,40,41)(H,42,43,44). The summed E-state index contributed by atoms with van der Waals surface area (Å²) < 4.78 is 102. The van der Waals surface area contributed by atoms with E-state index in [9.17, 15) is 38.9 Å². The van der Waals surface area contributed by atoms with Crippen molar-refractivity contribution >= 4 is 58.7 Å². The number of rotatable bonds is 9. The fraction of sp³-hybridized carbons (Fsp3) is 0.0312. The average Bonchev–Trinajstić information content (AvgIpc) is 3.02. The molecule has 15 heteroatoms. The highest BCUT2D eigenvalue weighted by molar-refractivity contribution is 7.86. The van der Waals surface area contributed by atoms with E-state index in [2.05, 4.69) is 10.3 Å². The van der Waals surface area contributed by atoms with E-state index in [1.807, 2.05) is 0 Å². The third-order valence-electron chi connectivity index (χ3n) is 7.03. The van der Waals surface area contributed by atoms with Crippen LogP contribution >= 0.6 is 0 Å². The summed E-state index contributed by atoms with van der Waals surface area (Å²) in [7, 11) is -13.8. The number of nitrogens with zero attached hydrogens (tertiary/aromatic N) is 1. The van der Waals surface area contributed by atoms with Crippen LogP contribution in [0.4, 0.5) is 17.1 Å². The number of para-hydroxylation sites is 2. The molecule has 0 saturated carbocycles. The first kappa shape index (κ1) is 33.6. The molecule has 1 aliphatic carbocycles. The molecule has 0 amide bonds. The Labute approximate surface area is 271 Å². The minimum atomic E-state index is -4.73. The number of benzene rings is 4. The molecular formula is C32H27N3O9S3. The number of nitrogens with one attached hydrogen (secondary N) is 1. The van der Waals surface area contributed by atoms with Crippen LogP contribution < -0.4 is 11.1 Å². The van der Waals surface area contributed by atoms with Gasteiger partial charge in [0.2, 0.25) is 0 Å². The molecule has 4 aromatic carbocycles. The maximum absolute atomic E-state index is 12.6. The summed E-state index contributed by atoms with van der Waals surface area (Å²) >= 11 is 0. The number of anilines is 2. The molecule has 4 aromatic rings. The summed E-state index contributed by atoms with van der Waals surface area (Å²) in [6.45, 7) is -0.0753. The predicted molar refractivity (Wildman–Crippen MR) is 178 cm³/mol. The van der Waals surface area contributed by atoms with Crippen molar-refractivity contribution in [1.29, 1.82) is 0 Å². The van der Waals surface area contributed by atoms with Crippen LogP contribution in [0.15, 0.2) is 141 Å². The normalized spacial score (nSPS) is 13.4. The number of aliphatic imine (C=N–C) groups is 1. The molecule has 0 heterocycles. The zero-order chi connectivity index (χ0) is 34.0. The van der Waals surface area contributed by atoms with E-state index < -0.39 is 30.4 Å². The van der Waals surface area contributed by atoms with Gasteiger partial charge in [0.1, 0.15) is 14.7 Å². The van der Waals surface area contributed by atoms with E-state index in [-0.39, 0.29) is 38.2 Å². The fourth-order valence-corrected chi connectivity index (χ4v) is 7.00. The Bertz CT molecular complexity index is 2310. The Hall–Kier alpha value is -4.74. The lowest BCUT2D eigenvalue weighted by molar-refractivity contribution is 0.480. The maximum Gasteiger partial charge on any atom is 0.296 e. The molecule has 0 aliphatic heterocycles. The van der Waals surface area contributed by atoms with Crippen molar-refractivity contribution in [2.75, 3.05) is 5.32 Å². The van der Waals surface area contributed by atoms with Gasteiger partial charge in [-0.2, -0.15) is 25.3 Å². The topological polar surface area (TPSA) is 214 Å². The molecule has 0 bridgehead atoms. The van der Waals surface area contributed by atoms with E-state index in [1.54, 1.807) is 66.8 Å². The smallest absolute Gasteiger partial charge is 0.296 e. The van der Waals surface area contributed by atoms with Crippen molar-refractivity contribution in [2.24, 2.45) is 10.7 Å². The molecule has 1 aliphatic rings. The number of hydrogen-bond acceptors (Lipinski definition) is 9. The second kappa shape index (κ2) is 13.2. The van der Waals surface area contributed by atoms with Gasteiger partial charge in [0.25, 0.3) is 30.4 Å². The molecule has 0 atom stereocenters. The first-order chi connectivity index (χ1) is 22.2. The minimum absolute atomic E-state index is 0.00718. The van der Waals surface area contributed by atoms with E-state index in [1.165, 1.54) is 48.5 Å². The lowest BCUT2D eigenvalue weighted by atomic mass is 9.88. The maximum atomic E-state index is 12.6. The summed E-state index contributed by atoms with van der Waals surface area (Å²) in [4.78, 5) is 3.27. The molecule has 6 N–H and O–H groups in total. The fourth-order valence-electron chi connectivity index (χ4n) is 4.98. The molecule has 0 spiro atoms. The Kier molecular flexibility index (Phi) is 9.42. The van der Waals surface area contributed by atoms with Gasteiger partial charge >= 0.3 is 0 Å². The Morgan fingerprint density at radius 3 is 1.79 bits per heavy atom. The molecule has 47 heavy (non-hydrogen) atoms.